The first kappa shape index (κ1) is 19.4. The first-order valence-electron chi connectivity index (χ1n) is 8.66. The monoisotopic (exact) mass is 412 g/mol. The topological polar surface area (TPSA) is 48.5 Å². The number of para-hydroxylation sites is 1. The van der Waals surface area contributed by atoms with E-state index in [2.05, 4.69) is 25.5 Å². The standard InChI is InChI=1S/C18H22Cl2N4OS/c1-13-12-26-18(21-13)24-8-3-7-23(10-11-24)9-6-16(25)22-17-14(19)4-2-5-15(17)20/h2,4-5,12H,3,6-11H2,1H3,(H,22,25). The van der Waals surface area contributed by atoms with Crippen LogP contribution in [0, 0.1) is 6.92 Å². The summed E-state index contributed by atoms with van der Waals surface area (Å²) in [6, 6.07) is 5.19. The number of thiazole rings is 1. The average molecular weight is 413 g/mol. The minimum absolute atomic E-state index is 0.0725. The van der Waals surface area contributed by atoms with Gasteiger partial charge in [-0.3, -0.25) is 4.79 Å². The smallest absolute Gasteiger partial charge is 0.225 e. The number of amides is 1. The molecule has 0 spiro atoms. The van der Waals surface area contributed by atoms with E-state index in [4.69, 9.17) is 23.2 Å². The van der Waals surface area contributed by atoms with Crippen molar-refractivity contribution in [3.8, 4) is 0 Å². The molecular formula is C18H22Cl2N4OS. The van der Waals surface area contributed by atoms with Crippen LogP contribution in [0.3, 0.4) is 0 Å². The van der Waals surface area contributed by atoms with Crippen LogP contribution in [0.25, 0.3) is 0 Å². The fourth-order valence-electron chi connectivity index (χ4n) is 2.95. The number of aromatic nitrogens is 1. The van der Waals surface area contributed by atoms with Gasteiger partial charge in [-0.15, -0.1) is 11.3 Å². The number of hydrogen-bond donors (Lipinski definition) is 1. The van der Waals surface area contributed by atoms with Crippen LogP contribution in [0.5, 0.6) is 0 Å². The Bertz CT molecular complexity index is 747. The molecule has 0 aliphatic carbocycles. The maximum atomic E-state index is 12.3. The van der Waals surface area contributed by atoms with Gasteiger partial charge in [0.05, 0.1) is 21.4 Å². The quantitative estimate of drug-likeness (QED) is 0.794. The lowest BCUT2D eigenvalue weighted by Gasteiger charge is -2.21. The van der Waals surface area contributed by atoms with E-state index in [1.807, 2.05) is 6.92 Å². The predicted molar refractivity (Wildman–Crippen MR) is 110 cm³/mol. The molecule has 1 saturated heterocycles. The second-order valence-corrected chi connectivity index (χ2v) is 8.00. The van der Waals surface area contributed by atoms with Crippen LogP contribution in [0.2, 0.25) is 10.0 Å². The number of anilines is 2. The van der Waals surface area contributed by atoms with E-state index < -0.39 is 0 Å². The maximum absolute atomic E-state index is 12.3. The molecular weight excluding hydrogens is 391 g/mol. The largest absolute Gasteiger partial charge is 0.347 e. The Balaban J connectivity index is 1.48. The molecule has 8 heteroatoms. The third kappa shape index (κ3) is 5.10. The zero-order valence-corrected chi connectivity index (χ0v) is 17.0. The first-order valence-corrected chi connectivity index (χ1v) is 10.3. The van der Waals surface area contributed by atoms with Crippen molar-refractivity contribution in [2.24, 2.45) is 0 Å². The highest BCUT2D eigenvalue weighted by molar-refractivity contribution is 7.13. The molecule has 0 bridgehead atoms. The van der Waals surface area contributed by atoms with Gasteiger partial charge in [-0.05, 0) is 32.0 Å². The van der Waals surface area contributed by atoms with Crippen LogP contribution < -0.4 is 10.2 Å². The summed E-state index contributed by atoms with van der Waals surface area (Å²) >= 11 is 13.9. The van der Waals surface area contributed by atoms with Gasteiger partial charge >= 0.3 is 0 Å². The molecule has 1 aromatic heterocycles. The van der Waals surface area contributed by atoms with Crippen LogP contribution in [-0.4, -0.2) is 48.5 Å². The van der Waals surface area contributed by atoms with Crippen molar-refractivity contribution in [3.63, 3.8) is 0 Å². The Morgan fingerprint density at radius 2 is 2.00 bits per heavy atom. The van der Waals surface area contributed by atoms with E-state index in [0.29, 0.717) is 22.2 Å². The number of halogens is 2. The van der Waals surface area contributed by atoms with E-state index in [1.54, 1.807) is 29.5 Å². The van der Waals surface area contributed by atoms with Gasteiger partial charge in [-0.1, -0.05) is 29.3 Å². The molecule has 3 rings (SSSR count). The molecule has 1 aliphatic heterocycles. The summed E-state index contributed by atoms with van der Waals surface area (Å²) < 4.78 is 0. The molecule has 0 atom stereocenters. The molecule has 1 fully saturated rings. The fraction of sp³-hybridized carbons (Fsp3) is 0.444. The van der Waals surface area contributed by atoms with Gasteiger partial charge in [0.1, 0.15) is 0 Å². The van der Waals surface area contributed by atoms with Crippen LogP contribution in [-0.2, 0) is 4.79 Å². The number of nitrogens with one attached hydrogen (secondary N) is 1. The highest BCUT2D eigenvalue weighted by Crippen LogP contribution is 2.29. The van der Waals surface area contributed by atoms with Crippen molar-refractivity contribution < 1.29 is 4.79 Å². The summed E-state index contributed by atoms with van der Waals surface area (Å²) in [6.07, 6.45) is 1.48. The summed E-state index contributed by atoms with van der Waals surface area (Å²) in [5.41, 5.74) is 1.56. The lowest BCUT2D eigenvalue weighted by atomic mass is 10.3. The normalized spacial score (nSPS) is 15.7. The van der Waals surface area contributed by atoms with Gasteiger partial charge in [-0.25, -0.2) is 4.98 Å². The molecule has 1 N–H and O–H groups in total. The molecule has 2 heterocycles. The predicted octanol–water partition coefficient (Wildman–Crippen LogP) is 4.30. The molecule has 1 aromatic carbocycles. The molecule has 1 aliphatic rings. The highest BCUT2D eigenvalue weighted by atomic mass is 35.5. The molecule has 1 amide bonds. The minimum Gasteiger partial charge on any atom is -0.347 e. The fourth-order valence-corrected chi connectivity index (χ4v) is 4.30. The van der Waals surface area contributed by atoms with Crippen molar-refractivity contribution in [1.82, 2.24) is 9.88 Å². The zero-order chi connectivity index (χ0) is 18.5. The molecule has 26 heavy (non-hydrogen) atoms. The Morgan fingerprint density at radius 1 is 1.23 bits per heavy atom. The Morgan fingerprint density at radius 3 is 2.69 bits per heavy atom. The first-order chi connectivity index (χ1) is 12.5. The van der Waals surface area contributed by atoms with E-state index in [9.17, 15) is 4.79 Å². The van der Waals surface area contributed by atoms with Gasteiger partial charge in [0.25, 0.3) is 0 Å². The summed E-state index contributed by atoms with van der Waals surface area (Å²) in [5.74, 6) is -0.0725. The third-order valence-corrected chi connectivity index (χ3v) is 6.00. The van der Waals surface area contributed by atoms with Crippen LogP contribution in [0.1, 0.15) is 18.5 Å². The number of rotatable bonds is 5. The number of carbonyl (C=O) groups excluding carboxylic acids is 1. The van der Waals surface area contributed by atoms with Crippen molar-refractivity contribution in [2.45, 2.75) is 19.8 Å². The SMILES string of the molecule is Cc1csc(N2CCCN(CCC(=O)Nc3c(Cl)cccc3Cl)CC2)n1. The number of aryl methyl sites for hydroxylation is 1. The van der Waals surface area contributed by atoms with E-state index >= 15 is 0 Å². The number of carbonyl (C=O) groups is 1. The Labute approximate surface area is 167 Å². The second-order valence-electron chi connectivity index (χ2n) is 6.35. The van der Waals surface area contributed by atoms with Gasteiger partial charge in [0.15, 0.2) is 5.13 Å². The highest BCUT2D eigenvalue weighted by Gasteiger charge is 2.18. The molecule has 0 saturated carbocycles. The number of benzene rings is 1. The third-order valence-electron chi connectivity index (χ3n) is 4.35. The van der Waals surface area contributed by atoms with Gasteiger partial charge in [-0.2, -0.15) is 0 Å². The summed E-state index contributed by atoms with van der Waals surface area (Å²) in [5, 5.41) is 6.91. The molecule has 0 unspecified atom stereocenters. The van der Waals surface area contributed by atoms with E-state index in [-0.39, 0.29) is 5.91 Å². The summed E-state index contributed by atoms with van der Waals surface area (Å²) in [6.45, 7) is 6.60. The molecule has 2 aromatic rings. The Hall–Kier alpha value is -1.34. The van der Waals surface area contributed by atoms with Gasteiger partial charge < -0.3 is 15.1 Å². The summed E-state index contributed by atoms with van der Waals surface area (Å²) in [4.78, 5) is 21.5. The average Bonchev–Trinajstić information content (AvgIpc) is 2.90. The van der Waals surface area contributed by atoms with Gasteiger partial charge in [0.2, 0.25) is 5.91 Å². The number of hydrogen-bond acceptors (Lipinski definition) is 5. The Kier molecular flexibility index (Phi) is 6.75. The van der Waals surface area contributed by atoms with Crippen LogP contribution in [0.4, 0.5) is 10.8 Å². The van der Waals surface area contributed by atoms with Crippen molar-refractivity contribution in [1.29, 1.82) is 0 Å². The lowest BCUT2D eigenvalue weighted by molar-refractivity contribution is -0.116. The van der Waals surface area contributed by atoms with Crippen molar-refractivity contribution >= 4 is 51.3 Å². The second kappa shape index (κ2) is 9.04. The minimum atomic E-state index is -0.0725. The summed E-state index contributed by atoms with van der Waals surface area (Å²) in [7, 11) is 0. The zero-order valence-electron chi connectivity index (χ0n) is 14.7. The van der Waals surface area contributed by atoms with E-state index in [1.165, 1.54) is 0 Å². The van der Waals surface area contributed by atoms with Crippen molar-refractivity contribution in [2.75, 3.05) is 42.9 Å². The molecule has 140 valence electrons. The lowest BCUT2D eigenvalue weighted by Crippen LogP contribution is -2.32. The van der Waals surface area contributed by atoms with Crippen molar-refractivity contribution in [3.05, 3.63) is 39.3 Å². The van der Waals surface area contributed by atoms with Crippen LogP contribution in [0.15, 0.2) is 23.6 Å². The van der Waals surface area contributed by atoms with E-state index in [0.717, 1.165) is 50.0 Å². The van der Waals surface area contributed by atoms with Crippen LogP contribution >= 0.6 is 34.5 Å². The number of nitrogens with zero attached hydrogens (tertiary/aromatic N) is 3. The van der Waals surface area contributed by atoms with Gasteiger partial charge in [0, 0.05) is 38.0 Å². The molecule has 0 radical (unpaired) electrons. The molecule has 5 nitrogen and oxygen atoms in total. The maximum Gasteiger partial charge on any atom is 0.225 e.